The zero-order chi connectivity index (χ0) is 23.4. The number of rotatable bonds is 7. The molecule has 2 aliphatic rings. The number of carbonyl (C=O) groups excluding carboxylic acids is 2. The third kappa shape index (κ3) is 4.58. The average Bonchev–Trinajstić information content (AvgIpc) is 2.82. The Morgan fingerprint density at radius 3 is 2.48 bits per heavy atom. The molecule has 0 spiro atoms. The Balaban J connectivity index is 1.82. The van der Waals surface area contributed by atoms with Gasteiger partial charge in [-0.2, -0.15) is 0 Å². The van der Waals surface area contributed by atoms with Gasteiger partial charge in [0.25, 0.3) is 0 Å². The van der Waals surface area contributed by atoms with Crippen LogP contribution in [0.5, 0.6) is 5.75 Å². The second-order valence-corrected chi connectivity index (χ2v) is 8.53. The number of hydrogen-bond donors (Lipinski definition) is 1. The maximum absolute atomic E-state index is 13.6. The van der Waals surface area contributed by atoms with E-state index in [1.54, 1.807) is 6.92 Å². The summed E-state index contributed by atoms with van der Waals surface area (Å²) in [7, 11) is 0. The van der Waals surface area contributed by atoms with Gasteiger partial charge in [0, 0.05) is 29.0 Å². The number of benzene rings is 2. The van der Waals surface area contributed by atoms with Crippen LogP contribution >= 0.6 is 0 Å². The first-order valence-corrected chi connectivity index (χ1v) is 11.7. The third-order valence-electron chi connectivity index (χ3n) is 6.29. The summed E-state index contributed by atoms with van der Waals surface area (Å²) in [4.78, 5) is 26.7. The lowest BCUT2D eigenvalue weighted by atomic mass is 9.71. The van der Waals surface area contributed by atoms with E-state index in [0.717, 1.165) is 28.9 Å². The maximum atomic E-state index is 13.6. The van der Waals surface area contributed by atoms with E-state index in [2.05, 4.69) is 24.4 Å². The van der Waals surface area contributed by atoms with E-state index in [0.29, 0.717) is 36.3 Å². The van der Waals surface area contributed by atoms with Crippen LogP contribution in [-0.2, 0) is 14.3 Å². The molecule has 0 radical (unpaired) electrons. The first kappa shape index (κ1) is 22.8. The number of esters is 1. The van der Waals surface area contributed by atoms with Crippen LogP contribution in [-0.4, -0.2) is 25.0 Å². The number of para-hydroxylation sites is 1. The number of carbonyl (C=O) groups is 2. The van der Waals surface area contributed by atoms with Crippen molar-refractivity contribution in [3.05, 3.63) is 88.3 Å². The molecule has 0 fully saturated rings. The fraction of sp³-hybridized carbons (Fsp3) is 0.357. The molecule has 1 heterocycles. The number of ether oxygens (including phenoxy) is 2. The van der Waals surface area contributed by atoms with Crippen LogP contribution in [0, 0.1) is 0 Å². The largest absolute Gasteiger partial charge is 0.493 e. The minimum atomic E-state index is -0.516. The number of dihydropyridines is 1. The van der Waals surface area contributed by atoms with Gasteiger partial charge in [-0.15, -0.1) is 0 Å². The Bertz CT molecular complexity index is 1100. The van der Waals surface area contributed by atoms with Crippen LogP contribution in [0.2, 0.25) is 0 Å². The highest BCUT2D eigenvalue weighted by Crippen LogP contribution is 2.47. The summed E-state index contributed by atoms with van der Waals surface area (Å²) in [5, 5.41) is 3.40. The molecule has 5 heteroatoms. The Morgan fingerprint density at radius 2 is 1.76 bits per heavy atom. The van der Waals surface area contributed by atoms with E-state index in [1.807, 2.05) is 49.4 Å². The Morgan fingerprint density at radius 1 is 1.03 bits per heavy atom. The lowest BCUT2D eigenvalue weighted by Gasteiger charge is -2.37. The molecule has 0 aromatic heterocycles. The fourth-order valence-electron chi connectivity index (χ4n) is 4.85. The molecule has 2 aromatic carbocycles. The van der Waals surface area contributed by atoms with Gasteiger partial charge in [-0.1, -0.05) is 55.5 Å². The SMILES string of the molecule is CCCOc1ccccc1[C@H]1C(C(=O)OCC)=C(C)NC2=C1C(=O)C[C@H](c1ccccc1)C2. The van der Waals surface area contributed by atoms with Gasteiger partial charge in [0.1, 0.15) is 5.75 Å². The van der Waals surface area contributed by atoms with E-state index in [1.165, 1.54) is 0 Å². The summed E-state index contributed by atoms with van der Waals surface area (Å²) in [5.74, 6) is -0.0538. The van der Waals surface area contributed by atoms with Crippen LogP contribution < -0.4 is 10.1 Å². The topological polar surface area (TPSA) is 64.6 Å². The van der Waals surface area contributed by atoms with Crippen molar-refractivity contribution >= 4 is 11.8 Å². The molecule has 4 rings (SSSR count). The van der Waals surface area contributed by atoms with Gasteiger partial charge in [-0.3, -0.25) is 4.79 Å². The zero-order valence-electron chi connectivity index (χ0n) is 19.5. The minimum absolute atomic E-state index is 0.0576. The van der Waals surface area contributed by atoms with Crippen LogP contribution in [0.15, 0.2) is 77.1 Å². The lowest BCUT2D eigenvalue weighted by molar-refractivity contribution is -0.138. The van der Waals surface area contributed by atoms with Gasteiger partial charge in [-0.05, 0) is 44.2 Å². The second-order valence-electron chi connectivity index (χ2n) is 8.53. The summed E-state index contributed by atoms with van der Waals surface area (Å²) in [6, 6.07) is 17.8. The van der Waals surface area contributed by atoms with Gasteiger partial charge in [0.15, 0.2) is 5.78 Å². The number of allylic oxidation sites excluding steroid dienone is 3. The monoisotopic (exact) mass is 445 g/mol. The Labute approximate surface area is 195 Å². The van der Waals surface area contributed by atoms with Crippen molar-refractivity contribution in [2.24, 2.45) is 0 Å². The van der Waals surface area contributed by atoms with Crippen molar-refractivity contribution in [1.29, 1.82) is 0 Å². The first-order chi connectivity index (χ1) is 16.0. The van der Waals surface area contributed by atoms with Crippen LogP contribution in [0.25, 0.3) is 0 Å². The van der Waals surface area contributed by atoms with Crippen molar-refractivity contribution in [2.45, 2.75) is 51.9 Å². The molecule has 0 bridgehead atoms. The molecule has 0 unspecified atom stereocenters. The minimum Gasteiger partial charge on any atom is -0.493 e. The van der Waals surface area contributed by atoms with E-state index in [-0.39, 0.29) is 18.3 Å². The van der Waals surface area contributed by atoms with Gasteiger partial charge < -0.3 is 14.8 Å². The molecule has 33 heavy (non-hydrogen) atoms. The number of nitrogens with one attached hydrogen (secondary N) is 1. The number of ketones is 1. The summed E-state index contributed by atoms with van der Waals surface area (Å²) < 4.78 is 11.5. The number of Topliss-reactive ketones (excluding diaryl/α,β-unsaturated/α-hetero) is 1. The molecule has 2 aromatic rings. The van der Waals surface area contributed by atoms with Crippen molar-refractivity contribution in [3.8, 4) is 5.75 Å². The van der Waals surface area contributed by atoms with Gasteiger partial charge in [0.05, 0.1) is 24.7 Å². The van der Waals surface area contributed by atoms with E-state index < -0.39 is 11.9 Å². The van der Waals surface area contributed by atoms with Crippen molar-refractivity contribution in [3.63, 3.8) is 0 Å². The summed E-state index contributed by atoms with van der Waals surface area (Å²) in [6.45, 7) is 6.56. The molecular formula is C28H31NO4. The maximum Gasteiger partial charge on any atom is 0.336 e. The molecule has 172 valence electrons. The molecule has 0 saturated heterocycles. The van der Waals surface area contributed by atoms with Crippen LogP contribution in [0.3, 0.4) is 0 Å². The average molecular weight is 446 g/mol. The van der Waals surface area contributed by atoms with Gasteiger partial charge in [0.2, 0.25) is 0 Å². The zero-order valence-corrected chi connectivity index (χ0v) is 19.5. The normalized spacial score (nSPS) is 20.3. The molecule has 0 saturated carbocycles. The first-order valence-electron chi connectivity index (χ1n) is 11.7. The molecule has 1 aliphatic heterocycles. The standard InChI is InChI=1S/C28H31NO4/c1-4-15-33-24-14-10-9-13-21(24)26-25(28(31)32-5-2)18(3)29-22-16-20(17-23(30)27(22)26)19-11-7-6-8-12-19/h6-14,20,26,29H,4-5,15-17H2,1-3H3/t20-,26+/m1/s1. The predicted octanol–water partition coefficient (Wildman–Crippen LogP) is 5.40. The number of hydrogen-bond acceptors (Lipinski definition) is 5. The van der Waals surface area contributed by atoms with E-state index in [9.17, 15) is 9.59 Å². The van der Waals surface area contributed by atoms with Crippen molar-refractivity contribution in [1.82, 2.24) is 5.32 Å². The Hall–Kier alpha value is -3.34. The summed E-state index contributed by atoms with van der Waals surface area (Å²) in [5.41, 5.74) is 4.73. The van der Waals surface area contributed by atoms with Crippen LogP contribution in [0.4, 0.5) is 0 Å². The highest BCUT2D eigenvalue weighted by Gasteiger charge is 2.42. The predicted molar refractivity (Wildman–Crippen MR) is 128 cm³/mol. The van der Waals surface area contributed by atoms with Crippen LogP contribution in [0.1, 0.15) is 63.0 Å². The second kappa shape index (κ2) is 10.1. The summed E-state index contributed by atoms with van der Waals surface area (Å²) in [6.07, 6.45) is 1.99. The highest BCUT2D eigenvalue weighted by atomic mass is 16.5. The molecule has 0 amide bonds. The molecule has 1 N–H and O–H groups in total. The van der Waals surface area contributed by atoms with Gasteiger partial charge >= 0.3 is 5.97 Å². The highest BCUT2D eigenvalue weighted by molar-refractivity contribution is 6.04. The lowest BCUT2D eigenvalue weighted by Crippen LogP contribution is -2.36. The third-order valence-corrected chi connectivity index (χ3v) is 6.29. The van der Waals surface area contributed by atoms with Gasteiger partial charge in [-0.25, -0.2) is 4.79 Å². The summed E-state index contributed by atoms with van der Waals surface area (Å²) >= 11 is 0. The van der Waals surface area contributed by atoms with E-state index in [4.69, 9.17) is 9.47 Å². The molecule has 2 atom stereocenters. The van der Waals surface area contributed by atoms with Crippen molar-refractivity contribution < 1.29 is 19.1 Å². The molecule has 5 nitrogen and oxygen atoms in total. The Kier molecular flexibility index (Phi) is 6.97. The molecular weight excluding hydrogens is 414 g/mol. The molecule has 1 aliphatic carbocycles. The fourth-order valence-corrected chi connectivity index (χ4v) is 4.85. The smallest absolute Gasteiger partial charge is 0.336 e. The van der Waals surface area contributed by atoms with Crippen molar-refractivity contribution in [2.75, 3.05) is 13.2 Å². The quantitative estimate of drug-likeness (QED) is 0.578. The van der Waals surface area contributed by atoms with E-state index >= 15 is 0 Å².